The molecule has 4 rings (SSSR count). The number of anilines is 1. The summed E-state index contributed by atoms with van der Waals surface area (Å²) in [6.07, 6.45) is 7.00. The third-order valence-corrected chi connectivity index (χ3v) is 4.85. The SMILES string of the molecule is COc1cc([N+](=O)[O-])cc2c1N[C@H](c1ccccn1)[C@H]1CC=C[C@@H]21. The van der Waals surface area contributed by atoms with Gasteiger partial charge < -0.3 is 10.1 Å². The Morgan fingerprint density at radius 3 is 2.96 bits per heavy atom. The van der Waals surface area contributed by atoms with Gasteiger partial charge in [-0.05, 0) is 30.0 Å². The molecule has 1 N–H and O–H groups in total. The molecule has 6 heteroatoms. The molecule has 1 aliphatic heterocycles. The number of nitrogens with zero attached hydrogens (tertiary/aromatic N) is 2. The highest BCUT2D eigenvalue weighted by Crippen LogP contribution is 2.52. The van der Waals surface area contributed by atoms with Crippen LogP contribution in [0.1, 0.15) is 29.6 Å². The van der Waals surface area contributed by atoms with E-state index < -0.39 is 0 Å². The average Bonchev–Trinajstić information content (AvgIpc) is 3.10. The Morgan fingerprint density at radius 2 is 2.25 bits per heavy atom. The first-order valence-corrected chi connectivity index (χ1v) is 7.89. The number of hydrogen-bond acceptors (Lipinski definition) is 5. The number of rotatable bonds is 3. The maximum absolute atomic E-state index is 11.2. The summed E-state index contributed by atoms with van der Waals surface area (Å²) in [6.45, 7) is 0. The minimum absolute atomic E-state index is 0.0501. The fourth-order valence-electron chi connectivity index (χ4n) is 3.77. The normalized spacial score (nSPS) is 24.0. The largest absolute Gasteiger partial charge is 0.494 e. The Kier molecular flexibility index (Phi) is 3.45. The van der Waals surface area contributed by atoms with Crippen molar-refractivity contribution in [2.45, 2.75) is 18.4 Å². The van der Waals surface area contributed by atoms with Crippen LogP contribution in [0.15, 0.2) is 48.7 Å². The Bertz CT molecular complexity index is 820. The highest BCUT2D eigenvalue weighted by Gasteiger charge is 2.40. The first-order chi connectivity index (χ1) is 11.7. The highest BCUT2D eigenvalue weighted by molar-refractivity contribution is 5.70. The van der Waals surface area contributed by atoms with Crippen molar-refractivity contribution in [3.8, 4) is 5.75 Å². The van der Waals surface area contributed by atoms with Gasteiger partial charge >= 0.3 is 0 Å². The molecule has 1 aromatic carbocycles. The van der Waals surface area contributed by atoms with Crippen LogP contribution in [0.2, 0.25) is 0 Å². The van der Waals surface area contributed by atoms with E-state index in [1.165, 1.54) is 13.2 Å². The number of nitro groups is 1. The molecule has 0 unspecified atom stereocenters. The van der Waals surface area contributed by atoms with Crippen molar-refractivity contribution in [3.05, 3.63) is 70.1 Å². The van der Waals surface area contributed by atoms with Crippen LogP contribution in [0, 0.1) is 16.0 Å². The highest BCUT2D eigenvalue weighted by atomic mass is 16.6. The fourth-order valence-corrected chi connectivity index (χ4v) is 3.77. The van der Waals surface area contributed by atoms with Crippen LogP contribution in [0.25, 0.3) is 0 Å². The topological polar surface area (TPSA) is 77.3 Å². The Morgan fingerprint density at radius 1 is 1.38 bits per heavy atom. The van der Waals surface area contributed by atoms with Crippen LogP contribution >= 0.6 is 0 Å². The number of nitrogens with one attached hydrogen (secondary N) is 1. The molecular weight excluding hydrogens is 306 g/mol. The second-order valence-electron chi connectivity index (χ2n) is 6.10. The third-order valence-electron chi connectivity index (χ3n) is 4.85. The number of hydrogen-bond donors (Lipinski definition) is 1. The molecule has 2 heterocycles. The Labute approximate surface area is 139 Å². The maximum atomic E-state index is 11.2. The third kappa shape index (κ3) is 2.22. The molecule has 1 aliphatic carbocycles. The molecule has 0 amide bonds. The van der Waals surface area contributed by atoms with Crippen molar-refractivity contribution in [2.75, 3.05) is 12.4 Å². The number of pyridine rings is 1. The molecule has 3 atom stereocenters. The minimum atomic E-state index is -0.374. The van der Waals surface area contributed by atoms with Crippen LogP contribution in [0.5, 0.6) is 5.75 Å². The molecule has 1 aromatic heterocycles. The number of aromatic nitrogens is 1. The molecule has 6 nitrogen and oxygen atoms in total. The number of nitro benzene ring substituents is 1. The second kappa shape index (κ2) is 5.63. The maximum Gasteiger partial charge on any atom is 0.273 e. The zero-order chi connectivity index (χ0) is 16.7. The molecule has 2 aliphatic rings. The van der Waals surface area contributed by atoms with Crippen molar-refractivity contribution in [1.29, 1.82) is 0 Å². The Balaban J connectivity index is 1.86. The van der Waals surface area contributed by atoms with E-state index in [0.29, 0.717) is 11.7 Å². The summed E-state index contributed by atoms with van der Waals surface area (Å²) in [6, 6.07) is 9.07. The van der Waals surface area contributed by atoms with E-state index in [2.05, 4.69) is 22.5 Å². The minimum Gasteiger partial charge on any atom is -0.494 e. The lowest BCUT2D eigenvalue weighted by molar-refractivity contribution is -0.385. The number of methoxy groups -OCH3 is 1. The lowest BCUT2D eigenvalue weighted by Crippen LogP contribution is -2.30. The van der Waals surface area contributed by atoms with E-state index >= 15 is 0 Å². The van der Waals surface area contributed by atoms with E-state index in [0.717, 1.165) is 23.4 Å². The average molecular weight is 323 g/mol. The zero-order valence-electron chi connectivity index (χ0n) is 13.2. The fraction of sp³-hybridized carbons (Fsp3) is 0.278. The van der Waals surface area contributed by atoms with Gasteiger partial charge in [0.05, 0.1) is 35.5 Å². The molecular formula is C18H17N3O3. The van der Waals surface area contributed by atoms with Gasteiger partial charge in [-0.2, -0.15) is 0 Å². The van der Waals surface area contributed by atoms with Crippen molar-refractivity contribution >= 4 is 11.4 Å². The molecule has 24 heavy (non-hydrogen) atoms. The standard InChI is InChI=1S/C18H17N3O3/c1-24-16-10-11(21(22)23)9-14-12-5-4-6-13(12)17(20-18(14)16)15-7-2-3-8-19-15/h2-5,7-10,12-13,17,20H,6H2,1H3/t12-,13+,17+/m1/s1. The number of non-ortho nitro benzene ring substituents is 1. The van der Waals surface area contributed by atoms with Crippen LogP contribution in [-0.2, 0) is 0 Å². The summed E-state index contributed by atoms with van der Waals surface area (Å²) >= 11 is 0. The molecule has 2 aromatic rings. The molecule has 0 spiro atoms. The van der Waals surface area contributed by atoms with Crippen LogP contribution in [-0.4, -0.2) is 17.0 Å². The van der Waals surface area contributed by atoms with Crippen LogP contribution < -0.4 is 10.1 Å². The zero-order valence-corrected chi connectivity index (χ0v) is 13.2. The van der Waals surface area contributed by atoms with Crippen molar-refractivity contribution in [3.63, 3.8) is 0 Å². The quantitative estimate of drug-likeness (QED) is 0.528. The number of allylic oxidation sites excluding steroid dienone is 2. The van der Waals surface area contributed by atoms with Gasteiger partial charge in [-0.3, -0.25) is 15.1 Å². The first-order valence-electron chi connectivity index (χ1n) is 7.89. The summed E-state index contributed by atoms with van der Waals surface area (Å²) in [5.74, 6) is 0.917. The summed E-state index contributed by atoms with van der Waals surface area (Å²) in [5, 5.41) is 14.8. The molecule has 0 saturated heterocycles. The van der Waals surface area contributed by atoms with Gasteiger partial charge in [-0.25, -0.2) is 0 Å². The van der Waals surface area contributed by atoms with Crippen molar-refractivity contribution < 1.29 is 9.66 Å². The van der Waals surface area contributed by atoms with Crippen LogP contribution in [0.3, 0.4) is 0 Å². The second-order valence-corrected chi connectivity index (χ2v) is 6.10. The summed E-state index contributed by atoms with van der Waals surface area (Å²) in [7, 11) is 1.54. The molecule has 122 valence electrons. The summed E-state index contributed by atoms with van der Waals surface area (Å²) in [5.41, 5.74) is 2.78. The predicted octanol–water partition coefficient (Wildman–Crippen LogP) is 3.82. The molecule has 0 saturated carbocycles. The number of benzene rings is 1. The van der Waals surface area contributed by atoms with Gasteiger partial charge in [0.25, 0.3) is 5.69 Å². The van der Waals surface area contributed by atoms with Gasteiger partial charge in [0.15, 0.2) is 0 Å². The van der Waals surface area contributed by atoms with E-state index in [1.807, 2.05) is 18.2 Å². The van der Waals surface area contributed by atoms with Crippen molar-refractivity contribution in [2.24, 2.45) is 5.92 Å². The van der Waals surface area contributed by atoms with E-state index in [4.69, 9.17) is 4.74 Å². The lowest BCUT2D eigenvalue weighted by Gasteiger charge is -2.37. The van der Waals surface area contributed by atoms with Gasteiger partial charge in [0, 0.05) is 18.2 Å². The molecule has 0 bridgehead atoms. The Hall–Kier alpha value is -2.89. The lowest BCUT2D eigenvalue weighted by atomic mass is 9.78. The van der Waals surface area contributed by atoms with Gasteiger partial charge in [-0.1, -0.05) is 18.2 Å². The summed E-state index contributed by atoms with van der Waals surface area (Å²) < 4.78 is 5.42. The molecule has 0 fully saturated rings. The summed E-state index contributed by atoms with van der Waals surface area (Å²) in [4.78, 5) is 15.4. The van der Waals surface area contributed by atoms with Crippen molar-refractivity contribution in [1.82, 2.24) is 4.98 Å². The first kappa shape index (κ1) is 14.7. The smallest absolute Gasteiger partial charge is 0.273 e. The monoisotopic (exact) mass is 323 g/mol. The molecule has 0 radical (unpaired) electrons. The van der Waals surface area contributed by atoms with Crippen LogP contribution in [0.4, 0.5) is 11.4 Å². The van der Waals surface area contributed by atoms with E-state index in [-0.39, 0.29) is 22.6 Å². The number of ether oxygens (including phenoxy) is 1. The predicted molar refractivity (Wildman–Crippen MR) is 90.2 cm³/mol. The number of fused-ring (bicyclic) bond motifs is 3. The van der Waals surface area contributed by atoms with Gasteiger partial charge in [0.2, 0.25) is 0 Å². The van der Waals surface area contributed by atoms with Gasteiger partial charge in [0.1, 0.15) is 5.75 Å². The van der Waals surface area contributed by atoms with E-state index in [1.54, 1.807) is 12.3 Å². The van der Waals surface area contributed by atoms with Gasteiger partial charge in [-0.15, -0.1) is 0 Å². The van der Waals surface area contributed by atoms with E-state index in [9.17, 15) is 10.1 Å².